The molecular formula is C17H29NS2. The minimum absolute atomic E-state index is 0.539. The van der Waals surface area contributed by atoms with Crippen molar-refractivity contribution >= 4 is 23.1 Å². The van der Waals surface area contributed by atoms with Crippen LogP contribution in [0.4, 0.5) is 0 Å². The largest absolute Gasteiger partial charge is 0.309 e. The van der Waals surface area contributed by atoms with Crippen LogP contribution in [0, 0.1) is 0 Å². The molecule has 0 aromatic carbocycles. The van der Waals surface area contributed by atoms with Gasteiger partial charge in [-0.3, -0.25) is 0 Å². The van der Waals surface area contributed by atoms with Gasteiger partial charge in [-0.2, -0.15) is 11.8 Å². The number of fused-ring (bicyclic) bond motifs is 1. The van der Waals surface area contributed by atoms with Gasteiger partial charge in [0.15, 0.2) is 0 Å². The molecule has 1 atom stereocenters. The van der Waals surface area contributed by atoms with E-state index in [1.807, 2.05) is 11.8 Å². The average molecular weight is 312 g/mol. The summed E-state index contributed by atoms with van der Waals surface area (Å²) in [4.78, 5) is 3.22. The molecule has 0 bridgehead atoms. The second-order valence-electron chi connectivity index (χ2n) is 5.89. The van der Waals surface area contributed by atoms with E-state index in [0.717, 1.165) is 0 Å². The van der Waals surface area contributed by atoms with E-state index in [1.54, 1.807) is 15.3 Å². The summed E-state index contributed by atoms with van der Waals surface area (Å²) in [5.41, 5.74) is 1.64. The summed E-state index contributed by atoms with van der Waals surface area (Å²) in [5, 5.41) is 3.70. The zero-order valence-electron chi connectivity index (χ0n) is 13.0. The first-order valence-electron chi connectivity index (χ1n) is 8.15. The van der Waals surface area contributed by atoms with Crippen LogP contribution in [0.5, 0.6) is 0 Å². The highest BCUT2D eigenvalue weighted by molar-refractivity contribution is 7.98. The molecule has 1 unspecified atom stereocenters. The molecule has 0 spiro atoms. The number of nitrogens with one attached hydrogen (secondary N) is 1. The molecule has 1 aromatic heterocycles. The van der Waals surface area contributed by atoms with E-state index >= 15 is 0 Å². The lowest BCUT2D eigenvalue weighted by molar-refractivity contribution is 0.542. The number of rotatable bonds is 9. The molecule has 1 aliphatic rings. The predicted octanol–water partition coefficient (Wildman–Crippen LogP) is 5.20. The molecule has 20 heavy (non-hydrogen) atoms. The molecule has 0 aliphatic heterocycles. The first kappa shape index (κ1) is 16.4. The third-order valence-corrected chi connectivity index (χ3v) is 6.28. The Labute approximate surface area is 132 Å². The topological polar surface area (TPSA) is 12.0 Å². The first-order valence-corrected chi connectivity index (χ1v) is 10.4. The second-order valence-corrected chi connectivity index (χ2v) is 8.04. The molecule has 0 radical (unpaired) electrons. The molecule has 1 aliphatic carbocycles. The van der Waals surface area contributed by atoms with Crippen molar-refractivity contribution in [2.45, 2.75) is 64.3 Å². The third kappa shape index (κ3) is 5.09. The van der Waals surface area contributed by atoms with Crippen molar-refractivity contribution in [3.63, 3.8) is 0 Å². The number of hydrogen-bond donors (Lipinski definition) is 1. The predicted molar refractivity (Wildman–Crippen MR) is 94.2 cm³/mol. The first-order chi connectivity index (χ1) is 9.81. The molecule has 0 amide bonds. The SMILES string of the molecule is CSCCCCCCNC(C)c1cc2c(s1)CCCC2. The summed E-state index contributed by atoms with van der Waals surface area (Å²) in [5.74, 6) is 1.32. The molecule has 1 aromatic rings. The van der Waals surface area contributed by atoms with Gasteiger partial charge in [0.05, 0.1) is 0 Å². The lowest BCUT2D eigenvalue weighted by Crippen LogP contribution is -2.18. The monoisotopic (exact) mass is 311 g/mol. The minimum atomic E-state index is 0.539. The standard InChI is InChI=1S/C17H29NS2/c1-14(18-11-7-3-4-8-12-19-2)17-13-15-9-5-6-10-16(15)20-17/h13-14,18H,3-12H2,1-2H3. The van der Waals surface area contributed by atoms with Gasteiger partial charge in [-0.25, -0.2) is 0 Å². The van der Waals surface area contributed by atoms with E-state index in [4.69, 9.17) is 0 Å². The summed E-state index contributed by atoms with van der Waals surface area (Å²) in [6, 6.07) is 3.01. The van der Waals surface area contributed by atoms with Crippen LogP contribution >= 0.6 is 23.1 Å². The van der Waals surface area contributed by atoms with Gasteiger partial charge in [0.1, 0.15) is 0 Å². The Morgan fingerprint density at radius 2 is 2.00 bits per heavy atom. The van der Waals surface area contributed by atoms with Gasteiger partial charge in [-0.15, -0.1) is 11.3 Å². The molecule has 2 rings (SSSR count). The Balaban J connectivity index is 1.64. The average Bonchev–Trinajstić information content (AvgIpc) is 2.90. The summed E-state index contributed by atoms with van der Waals surface area (Å²) in [6.07, 6.45) is 13.1. The van der Waals surface area contributed by atoms with E-state index in [-0.39, 0.29) is 0 Å². The fourth-order valence-electron chi connectivity index (χ4n) is 2.87. The minimum Gasteiger partial charge on any atom is -0.309 e. The molecule has 1 N–H and O–H groups in total. The van der Waals surface area contributed by atoms with Crippen molar-refractivity contribution in [1.82, 2.24) is 5.32 Å². The third-order valence-electron chi connectivity index (χ3n) is 4.17. The number of hydrogen-bond acceptors (Lipinski definition) is 3. The molecule has 1 heterocycles. The zero-order chi connectivity index (χ0) is 14.2. The highest BCUT2D eigenvalue weighted by atomic mass is 32.2. The van der Waals surface area contributed by atoms with Crippen LogP contribution in [0.1, 0.15) is 66.8 Å². The van der Waals surface area contributed by atoms with Gasteiger partial charge in [0, 0.05) is 15.8 Å². The van der Waals surface area contributed by atoms with Crippen molar-refractivity contribution in [3.05, 3.63) is 21.4 Å². The highest BCUT2D eigenvalue weighted by Crippen LogP contribution is 2.32. The van der Waals surface area contributed by atoms with Crippen LogP contribution in [0.25, 0.3) is 0 Å². The quantitative estimate of drug-likeness (QED) is 0.629. The van der Waals surface area contributed by atoms with Gasteiger partial charge < -0.3 is 5.32 Å². The summed E-state index contributed by atoms with van der Waals surface area (Å²) < 4.78 is 0. The molecular weight excluding hydrogens is 282 g/mol. The number of thiophene rings is 1. The molecule has 0 saturated heterocycles. The number of unbranched alkanes of at least 4 members (excludes halogenated alkanes) is 3. The number of aryl methyl sites for hydroxylation is 2. The molecule has 114 valence electrons. The number of thioether (sulfide) groups is 1. The molecule has 3 heteroatoms. The molecule has 0 fully saturated rings. The van der Waals surface area contributed by atoms with E-state index < -0.39 is 0 Å². The summed E-state index contributed by atoms with van der Waals surface area (Å²) >= 11 is 4.02. The normalized spacial score (nSPS) is 16.1. The summed E-state index contributed by atoms with van der Waals surface area (Å²) in [7, 11) is 0. The van der Waals surface area contributed by atoms with Crippen LogP contribution in [-0.4, -0.2) is 18.6 Å². The zero-order valence-corrected chi connectivity index (χ0v) is 14.7. The van der Waals surface area contributed by atoms with E-state index in [0.29, 0.717) is 6.04 Å². The van der Waals surface area contributed by atoms with Crippen molar-refractivity contribution in [2.75, 3.05) is 18.6 Å². The van der Waals surface area contributed by atoms with Crippen molar-refractivity contribution in [3.8, 4) is 0 Å². The van der Waals surface area contributed by atoms with Crippen LogP contribution in [0.2, 0.25) is 0 Å². The Morgan fingerprint density at radius 3 is 2.80 bits per heavy atom. The van der Waals surface area contributed by atoms with Crippen molar-refractivity contribution < 1.29 is 0 Å². The van der Waals surface area contributed by atoms with E-state index in [2.05, 4.69) is 35.9 Å². The Morgan fingerprint density at radius 1 is 1.20 bits per heavy atom. The Bertz CT molecular complexity index is 363. The lowest BCUT2D eigenvalue weighted by Gasteiger charge is -2.11. The lowest BCUT2D eigenvalue weighted by atomic mass is 9.99. The van der Waals surface area contributed by atoms with Gasteiger partial charge in [0.2, 0.25) is 0 Å². The van der Waals surface area contributed by atoms with E-state index in [9.17, 15) is 0 Å². The van der Waals surface area contributed by atoms with Crippen LogP contribution in [0.3, 0.4) is 0 Å². The van der Waals surface area contributed by atoms with Crippen LogP contribution < -0.4 is 5.32 Å². The molecule has 1 nitrogen and oxygen atoms in total. The van der Waals surface area contributed by atoms with Gasteiger partial charge in [-0.1, -0.05) is 12.8 Å². The fraction of sp³-hybridized carbons (Fsp3) is 0.765. The maximum atomic E-state index is 3.70. The Kier molecular flexibility index (Phi) is 7.47. The smallest absolute Gasteiger partial charge is 0.0386 e. The summed E-state index contributed by atoms with van der Waals surface area (Å²) in [6.45, 7) is 3.49. The van der Waals surface area contributed by atoms with Crippen LogP contribution in [0.15, 0.2) is 6.07 Å². The highest BCUT2D eigenvalue weighted by Gasteiger charge is 2.16. The maximum Gasteiger partial charge on any atom is 0.0386 e. The fourth-order valence-corrected chi connectivity index (χ4v) is 4.65. The second kappa shape index (κ2) is 9.11. The van der Waals surface area contributed by atoms with Gasteiger partial charge in [0.25, 0.3) is 0 Å². The van der Waals surface area contributed by atoms with Crippen molar-refractivity contribution in [2.24, 2.45) is 0 Å². The molecule has 0 saturated carbocycles. The van der Waals surface area contributed by atoms with Crippen LogP contribution in [-0.2, 0) is 12.8 Å². The van der Waals surface area contributed by atoms with Gasteiger partial charge in [-0.05, 0) is 75.6 Å². The Hall–Kier alpha value is 0.01000. The van der Waals surface area contributed by atoms with Gasteiger partial charge >= 0.3 is 0 Å². The van der Waals surface area contributed by atoms with Crippen molar-refractivity contribution in [1.29, 1.82) is 0 Å². The van der Waals surface area contributed by atoms with E-state index in [1.165, 1.54) is 63.7 Å². The maximum absolute atomic E-state index is 3.70.